The highest BCUT2D eigenvalue weighted by atomic mass is 16.4. The third-order valence-corrected chi connectivity index (χ3v) is 3.20. The molecule has 2 rings (SSSR count). The molecule has 0 bridgehead atoms. The van der Waals surface area contributed by atoms with E-state index in [-0.39, 0.29) is 11.5 Å². The minimum atomic E-state index is -1.02. The van der Waals surface area contributed by atoms with Crippen molar-refractivity contribution in [3.05, 3.63) is 58.4 Å². The Morgan fingerprint density at radius 2 is 1.76 bits per heavy atom. The fraction of sp³-hybridized carbons (Fsp3) is 0.188. The lowest BCUT2D eigenvalue weighted by atomic mass is 10.1. The number of carbonyl (C=O) groups excluding carboxylic acids is 1. The van der Waals surface area contributed by atoms with Crippen LogP contribution in [0.1, 0.15) is 37.7 Å². The highest BCUT2D eigenvalue weighted by Crippen LogP contribution is 2.17. The van der Waals surface area contributed by atoms with E-state index in [1.54, 1.807) is 38.1 Å². The molecule has 2 aromatic rings. The number of nitrogens with zero attached hydrogens (tertiary/aromatic N) is 1. The largest absolute Gasteiger partial charge is 0.478 e. The second-order valence-corrected chi connectivity index (χ2v) is 4.87. The molecule has 0 aliphatic carbocycles. The van der Waals surface area contributed by atoms with Gasteiger partial charge in [0.15, 0.2) is 0 Å². The van der Waals surface area contributed by atoms with Crippen LogP contribution in [-0.4, -0.2) is 22.0 Å². The van der Waals surface area contributed by atoms with E-state index < -0.39 is 5.97 Å². The molecule has 108 valence electrons. The van der Waals surface area contributed by atoms with Crippen LogP contribution in [-0.2, 0) is 0 Å². The van der Waals surface area contributed by atoms with E-state index in [0.29, 0.717) is 22.5 Å². The Balaban J connectivity index is 2.27. The van der Waals surface area contributed by atoms with Gasteiger partial charge in [0.1, 0.15) is 0 Å². The Morgan fingerprint density at radius 3 is 2.38 bits per heavy atom. The van der Waals surface area contributed by atoms with Gasteiger partial charge >= 0.3 is 5.97 Å². The van der Waals surface area contributed by atoms with E-state index in [0.717, 1.165) is 5.69 Å². The minimum absolute atomic E-state index is 0.173. The third kappa shape index (κ3) is 3.25. The zero-order chi connectivity index (χ0) is 15.6. The maximum Gasteiger partial charge on any atom is 0.336 e. The predicted octanol–water partition coefficient (Wildman–Crippen LogP) is 2.96. The van der Waals surface area contributed by atoms with E-state index in [9.17, 15) is 9.59 Å². The average Bonchev–Trinajstić information content (AvgIpc) is 2.40. The minimum Gasteiger partial charge on any atom is -0.478 e. The van der Waals surface area contributed by atoms with E-state index in [4.69, 9.17) is 5.11 Å². The standard InChI is InChI=1S/C16H16N2O3/c1-9-4-6-12(8-14(9)16(20)21)18-15(19)13-7-5-10(2)17-11(13)3/h4-8H,1-3H3,(H,18,19)(H,20,21). The second-order valence-electron chi connectivity index (χ2n) is 4.87. The maximum atomic E-state index is 12.2. The van der Waals surface area contributed by atoms with Crippen molar-refractivity contribution in [2.45, 2.75) is 20.8 Å². The van der Waals surface area contributed by atoms with Gasteiger partial charge < -0.3 is 10.4 Å². The average molecular weight is 284 g/mol. The molecule has 0 saturated heterocycles. The number of rotatable bonds is 3. The number of hydrogen-bond donors (Lipinski definition) is 2. The molecule has 0 spiro atoms. The van der Waals surface area contributed by atoms with Gasteiger partial charge in [0.05, 0.1) is 16.8 Å². The van der Waals surface area contributed by atoms with Gasteiger partial charge in [0, 0.05) is 11.4 Å². The van der Waals surface area contributed by atoms with Crippen molar-refractivity contribution in [1.82, 2.24) is 4.98 Å². The van der Waals surface area contributed by atoms with Gasteiger partial charge in [-0.1, -0.05) is 6.07 Å². The number of carboxylic acid groups (broad SMARTS) is 1. The fourth-order valence-electron chi connectivity index (χ4n) is 2.06. The molecule has 0 aliphatic rings. The van der Waals surface area contributed by atoms with Crippen LogP contribution >= 0.6 is 0 Å². The van der Waals surface area contributed by atoms with E-state index >= 15 is 0 Å². The molecular weight excluding hydrogens is 268 g/mol. The Bertz CT molecular complexity index is 723. The van der Waals surface area contributed by atoms with Crippen LogP contribution in [0.4, 0.5) is 5.69 Å². The van der Waals surface area contributed by atoms with Gasteiger partial charge in [-0.25, -0.2) is 4.79 Å². The number of anilines is 1. The first-order valence-electron chi connectivity index (χ1n) is 6.48. The van der Waals surface area contributed by atoms with Gasteiger partial charge in [-0.15, -0.1) is 0 Å². The zero-order valence-corrected chi connectivity index (χ0v) is 12.1. The van der Waals surface area contributed by atoms with Crippen LogP contribution in [0, 0.1) is 20.8 Å². The van der Waals surface area contributed by atoms with Crippen molar-refractivity contribution in [1.29, 1.82) is 0 Å². The summed E-state index contributed by atoms with van der Waals surface area (Å²) in [6.45, 7) is 5.33. The number of hydrogen-bond acceptors (Lipinski definition) is 3. The Kier molecular flexibility index (Phi) is 4.03. The van der Waals surface area contributed by atoms with Crippen molar-refractivity contribution >= 4 is 17.6 Å². The highest BCUT2D eigenvalue weighted by molar-refractivity contribution is 6.05. The van der Waals surface area contributed by atoms with Gasteiger partial charge in [-0.3, -0.25) is 9.78 Å². The normalized spacial score (nSPS) is 10.2. The van der Waals surface area contributed by atoms with Gasteiger partial charge in [0.25, 0.3) is 5.91 Å². The number of nitrogens with one attached hydrogen (secondary N) is 1. The summed E-state index contributed by atoms with van der Waals surface area (Å²) >= 11 is 0. The molecule has 21 heavy (non-hydrogen) atoms. The molecule has 1 aromatic heterocycles. The monoisotopic (exact) mass is 284 g/mol. The smallest absolute Gasteiger partial charge is 0.336 e. The number of amides is 1. The second kappa shape index (κ2) is 5.75. The Labute approximate surface area is 122 Å². The molecule has 0 fully saturated rings. The lowest BCUT2D eigenvalue weighted by molar-refractivity contribution is 0.0695. The third-order valence-electron chi connectivity index (χ3n) is 3.20. The van der Waals surface area contributed by atoms with Crippen LogP contribution in [0.2, 0.25) is 0 Å². The summed E-state index contributed by atoms with van der Waals surface area (Å²) in [4.78, 5) is 27.6. The van der Waals surface area contributed by atoms with Crippen molar-refractivity contribution in [3.63, 3.8) is 0 Å². The SMILES string of the molecule is Cc1ccc(C(=O)Nc2ccc(C)c(C(=O)O)c2)c(C)n1. The molecule has 0 atom stereocenters. The molecule has 0 radical (unpaired) electrons. The quantitative estimate of drug-likeness (QED) is 0.908. The lowest BCUT2D eigenvalue weighted by Crippen LogP contribution is -2.15. The maximum absolute atomic E-state index is 12.2. The van der Waals surface area contributed by atoms with E-state index in [1.165, 1.54) is 6.07 Å². The molecule has 1 aromatic carbocycles. The molecule has 2 N–H and O–H groups in total. The molecule has 5 nitrogen and oxygen atoms in total. The van der Waals surface area contributed by atoms with Crippen LogP contribution in [0.3, 0.4) is 0 Å². The summed E-state index contributed by atoms with van der Waals surface area (Å²) in [5, 5.41) is 11.8. The van der Waals surface area contributed by atoms with Crippen molar-refractivity contribution in [2.75, 3.05) is 5.32 Å². The number of aromatic nitrogens is 1. The highest BCUT2D eigenvalue weighted by Gasteiger charge is 2.13. The molecule has 0 saturated carbocycles. The first-order valence-corrected chi connectivity index (χ1v) is 6.48. The molecule has 0 aliphatic heterocycles. The van der Waals surface area contributed by atoms with E-state index in [1.807, 2.05) is 6.92 Å². The van der Waals surface area contributed by atoms with Crippen LogP contribution in [0.25, 0.3) is 0 Å². The summed E-state index contributed by atoms with van der Waals surface area (Å²) in [6.07, 6.45) is 0. The summed E-state index contributed by atoms with van der Waals surface area (Å²) in [5.74, 6) is -1.32. The van der Waals surface area contributed by atoms with Gasteiger partial charge in [-0.05, 0) is 50.6 Å². The fourth-order valence-corrected chi connectivity index (χ4v) is 2.06. The summed E-state index contributed by atoms with van der Waals surface area (Å²) in [5.41, 5.74) is 3.21. The number of carbonyl (C=O) groups is 2. The molecule has 1 amide bonds. The first kappa shape index (κ1) is 14.7. The number of benzene rings is 1. The van der Waals surface area contributed by atoms with E-state index in [2.05, 4.69) is 10.3 Å². The van der Waals surface area contributed by atoms with Crippen LogP contribution in [0.15, 0.2) is 30.3 Å². The Hall–Kier alpha value is -2.69. The van der Waals surface area contributed by atoms with Crippen LogP contribution in [0.5, 0.6) is 0 Å². The van der Waals surface area contributed by atoms with Crippen molar-refractivity contribution in [2.24, 2.45) is 0 Å². The van der Waals surface area contributed by atoms with Gasteiger partial charge in [0.2, 0.25) is 0 Å². The Morgan fingerprint density at radius 1 is 1.05 bits per heavy atom. The molecule has 5 heteroatoms. The van der Waals surface area contributed by atoms with Gasteiger partial charge in [-0.2, -0.15) is 0 Å². The van der Waals surface area contributed by atoms with Crippen molar-refractivity contribution in [3.8, 4) is 0 Å². The van der Waals surface area contributed by atoms with Crippen molar-refractivity contribution < 1.29 is 14.7 Å². The number of aromatic carboxylic acids is 1. The molecular formula is C16H16N2O3. The lowest BCUT2D eigenvalue weighted by Gasteiger charge is -2.09. The number of aryl methyl sites for hydroxylation is 3. The molecule has 1 heterocycles. The summed E-state index contributed by atoms with van der Waals surface area (Å²) in [6, 6.07) is 8.27. The number of carboxylic acids is 1. The first-order chi connectivity index (χ1) is 9.88. The molecule has 0 unspecified atom stereocenters. The van der Waals surface area contributed by atoms with Crippen LogP contribution < -0.4 is 5.32 Å². The number of pyridine rings is 1. The zero-order valence-electron chi connectivity index (χ0n) is 12.1. The summed E-state index contributed by atoms with van der Waals surface area (Å²) < 4.78 is 0. The topological polar surface area (TPSA) is 79.3 Å². The predicted molar refractivity (Wildman–Crippen MR) is 79.8 cm³/mol. The summed E-state index contributed by atoms with van der Waals surface area (Å²) in [7, 11) is 0.